The van der Waals surface area contributed by atoms with Gasteiger partial charge in [-0.3, -0.25) is 5.10 Å². The van der Waals surface area contributed by atoms with Crippen LogP contribution in [-0.2, 0) is 16.4 Å². The molecular formula is C24H35BrN6O3S2. The van der Waals surface area contributed by atoms with Gasteiger partial charge in [-0.2, -0.15) is 4.31 Å². The first kappa shape index (κ1) is 28.7. The maximum absolute atomic E-state index is 13.6. The van der Waals surface area contributed by atoms with Crippen LogP contribution in [0.5, 0.6) is 5.75 Å². The zero-order valence-corrected chi connectivity index (χ0v) is 24.8. The number of ether oxygens (including phenoxy) is 1. The fraction of sp³-hybridized carbons (Fsp3) is 0.542. The van der Waals surface area contributed by atoms with Crippen LogP contribution in [0.25, 0.3) is 16.9 Å². The minimum absolute atomic E-state index is 0. The normalized spacial score (nSPS) is 16.1. The first-order valence-corrected chi connectivity index (χ1v) is 14.1. The zero-order chi connectivity index (χ0) is 25.4. The van der Waals surface area contributed by atoms with Crippen LogP contribution in [0.1, 0.15) is 38.7 Å². The molecule has 1 fully saturated rings. The van der Waals surface area contributed by atoms with E-state index in [1.165, 1.54) is 0 Å². The minimum atomic E-state index is -3.67. The molecule has 0 amide bonds. The largest absolute Gasteiger partial charge is 1.00 e. The number of rotatable bonds is 8. The quantitative estimate of drug-likeness (QED) is 0.301. The van der Waals surface area contributed by atoms with E-state index in [1.54, 1.807) is 22.5 Å². The number of H-pyrrole nitrogens is 1. The molecule has 9 nitrogen and oxygen atoms in total. The van der Waals surface area contributed by atoms with E-state index < -0.39 is 10.0 Å². The lowest BCUT2D eigenvalue weighted by Crippen LogP contribution is -3.00. The number of hydrogen-bond donors (Lipinski definition) is 1. The summed E-state index contributed by atoms with van der Waals surface area (Å²) in [7, 11) is -1.49. The molecule has 1 saturated heterocycles. The molecule has 0 saturated carbocycles. The topological polar surface area (TPSA) is 92.6 Å². The Morgan fingerprint density at radius 2 is 1.86 bits per heavy atom. The number of quaternary nitrogens is 1. The van der Waals surface area contributed by atoms with Crippen molar-refractivity contribution in [1.29, 1.82) is 0 Å². The summed E-state index contributed by atoms with van der Waals surface area (Å²) in [6, 6.07) is 4.96. The van der Waals surface area contributed by atoms with Crippen LogP contribution >= 0.6 is 12.2 Å². The number of hydrogen-bond acceptors (Lipinski definition) is 6. The highest BCUT2D eigenvalue weighted by Crippen LogP contribution is 2.32. The summed E-state index contributed by atoms with van der Waals surface area (Å²) in [5, 5.41) is 3.32. The number of aromatic nitrogens is 4. The first-order chi connectivity index (χ1) is 16.6. The Morgan fingerprint density at radius 3 is 2.47 bits per heavy atom. The van der Waals surface area contributed by atoms with E-state index in [0.717, 1.165) is 54.0 Å². The molecule has 0 aliphatic carbocycles. The molecule has 198 valence electrons. The second-order valence-electron chi connectivity index (χ2n) is 9.30. The molecule has 2 aromatic heterocycles. The third-order valence-corrected chi connectivity index (χ3v) is 9.09. The Labute approximate surface area is 228 Å². The average Bonchev–Trinajstić information content (AvgIpc) is 3.15. The molecule has 0 atom stereocenters. The van der Waals surface area contributed by atoms with Crippen LogP contribution in [0.2, 0.25) is 0 Å². The highest BCUT2D eigenvalue weighted by atomic mass is 79.9. The number of nitrogens with zero attached hydrogens (tertiary/aromatic N) is 5. The summed E-state index contributed by atoms with van der Waals surface area (Å²) in [4.78, 5) is 9.50. The second kappa shape index (κ2) is 11.3. The third kappa shape index (κ3) is 5.38. The minimum Gasteiger partial charge on any atom is -1.00 e. The van der Waals surface area contributed by atoms with Crippen LogP contribution in [0.4, 0.5) is 0 Å². The third-order valence-electron chi connectivity index (χ3n) is 6.91. The van der Waals surface area contributed by atoms with Crippen LogP contribution in [-0.4, -0.2) is 83.2 Å². The monoisotopic (exact) mass is 598 g/mol. The number of imidazole rings is 1. The highest BCUT2D eigenvalue weighted by molar-refractivity contribution is 7.89. The van der Waals surface area contributed by atoms with Gasteiger partial charge in [0.05, 0.1) is 62.5 Å². The van der Waals surface area contributed by atoms with Crippen LogP contribution in [0.3, 0.4) is 0 Å². The fourth-order valence-corrected chi connectivity index (χ4v) is 6.31. The molecule has 4 rings (SSSR count). The molecular weight excluding hydrogens is 564 g/mol. The summed E-state index contributed by atoms with van der Waals surface area (Å²) in [5.74, 6) is 1.86. The lowest BCUT2D eigenvalue weighted by atomic mass is 10.2. The fourth-order valence-electron chi connectivity index (χ4n) is 4.53. The van der Waals surface area contributed by atoms with E-state index >= 15 is 0 Å². The second-order valence-corrected chi connectivity index (χ2v) is 11.6. The molecule has 0 unspecified atom stereocenters. The smallest absolute Gasteiger partial charge is 0.243 e. The van der Waals surface area contributed by atoms with E-state index in [0.29, 0.717) is 41.5 Å². The van der Waals surface area contributed by atoms with Gasteiger partial charge in [0.25, 0.3) is 0 Å². The lowest BCUT2D eigenvalue weighted by Gasteiger charge is -2.40. The van der Waals surface area contributed by atoms with Gasteiger partial charge in [-0.25, -0.2) is 22.9 Å². The number of nitrogens with one attached hydrogen (secondary N) is 1. The van der Waals surface area contributed by atoms with Gasteiger partial charge in [-0.05, 0) is 45.4 Å². The predicted octanol–water partition coefficient (Wildman–Crippen LogP) is 0.588. The Morgan fingerprint density at radius 1 is 1.17 bits per heavy atom. The van der Waals surface area contributed by atoms with E-state index in [1.807, 2.05) is 18.4 Å². The summed E-state index contributed by atoms with van der Waals surface area (Å²) in [6.07, 6.45) is 1.71. The summed E-state index contributed by atoms with van der Waals surface area (Å²) < 4.78 is 37.7. The average molecular weight is 600 g/mol. The molecule has 36 heavy (non-hydrogen) atoms. The SMILES string of the molecule is CCCc1nc(C)c2c(=S)nc(-c3cc(S(=O)(=O)N4CC[N+](C)(CC)CC4)ccc3OCC)[nH]n12.[Br-]. The van der Waals surface area contributed by atoms with Crippen molar-refractivity contribution in [2.45, 2.75) is 45.4 Å². The standard InChI is InChI=1S/C24H34N6O3S2.BrH/c1-6-9-21-25-17(4)22-24(34)26-23(27-29(21)22)19-16-18(10-11-20(19)33-8-3)35(31,32)28-12-14-30(5,7-2)15-13-28;/h10-11,16H,6-9,12-15H2,1-5H3;1H. The Balaban J connectivity index is 0.00000361. The number of aryl methyl sites for hydroxylation is 2. The van der Waals surface area contributed by atoms with Crippen molar-refractivity contribution >= 4 is 27.8 Å². The molecule has 1 aliphatic heterocycles. The van der Waals surface area contributed by atoms with Crippen molar-refractivity contribution in [2.75, 3.05) is 46.4 Å². The Kier molecular flexibility index (Phi) is 8.98. The van der Waals surface area contributed by atoms with Gasteiger partial charge in [0, 0.05) is 6.42 Å². The number of piperazine rings is 1. The summed E-state index contributed by atoms with van der Waals surface area (Å²) in [6.45, 7) is 12.1. The van der Waals surface area contributed by atoms with E-state index in [4.69, 9.17) is 17.0 Å². The van der Waals surface area contributed by atoms with E-state index in [2.05, 4.69) is 36.0 Å². The molecule has 1 N–H and O–H groups in total. The van der Waals surface area contributed by atoms with Crippen molar-refractivity contribution in [3.63, 3.8) is 0 Å². The van der Waals surface area contributed by atoms with Gasteiger partial charge >= 0.3 is 0 Å². The molecule has 12 heteroatoms. The van der Waals surface area contributed by atoms with Crippen LogP contribution in [0, 0.1) is 11.6 Å². The van der Waals surface area contributed by atoms with Crippen molar-refractivity contribution < 1.29 is 34.6 Å². The maximum Gasteiger partial charge on any atom is 0.243 e. The molecule has 0 spiro atoms. The van der Waals surface area contributed by atoms with Crippen LogP contribution < -0.4 is 21.7 Å². The number of fused-ring (bicyclic) bond motifs is 1. The number of aromatic amines is 1. The highest BCUT2D eigenvalue weighted by Gasteiger charge is 2.34. The Bertz CT molecular complexity index is 1390. The summed E-state index contributed by atoms with van der Waals surface area (Å²) in [5.41, 5.74) is 2.14. The van der Waals surface area contributed by atoms with Gasteiger partial charge in [-0.15, -0.1) is 0 Å². The first-order valence-electron chi connectivity index (χ1n) is 12.2. The van der Waals surface area contributed by atoms with Gasteiger partial charge < -0.3 is 26.2 Å². The number of likely N-dealkylation sites (N-methyl/N-ethyl adjacent to an activating group) is 1. The van der Waals surface area contributed by atoms with Crippen molar-refractivity contribution in [3.05, 3.63) is 34.4 Å². The lowest BCUT2D eigenvalue weighted by molar-refractivity contribution is -0.911. The Hall–Kier alpha value is -1.86. The maximum atomic E-state index is 13.6. The van der Waals surface area contributed by atoms with Gasteiger partial charge in [0.2, 0.25) is 10.0 Å². The van der Waals surface area contributed by atoms with E-state index in [-0.39, 0.29) is 21.9 Å². The number of benzene rings is 1. The molecule has 1 aliphatic rings. The zero-order valence-electron chi connectivity index (χ0n) is 21.5. The van der Waals surface area contributed by atoms with Crippen molar-refractivity contribution in [2.24, 2.45) is 0 Å². The van der Waals surface area contributed by atoms with E-state index in [9.17, 15) is 8.42 Å². The van der Waals surface area contributed by atoms with Crippen molar-refractivity contribution in [1.82, 2.24) is 23.9 Å². The number of sulfonamides is 1. The predicted molar refractivity (Wildman–Crippen MR) is 139 cm³/mol. The molecule has 3 aromatic rings. The molecule has 0 bridgehead atoms. The number of halogens is 1. The molecule has 3 heterocycles. The van der Waals surface area contributed by atoms with Gasteiger partial charge in [0.15, 0.2) is 10.5 Å². The van der Waals surface area contributed by atoms with Gasteiger partial charge in [0.1, 0.15) is 17.1 Å². The summed E-state index contributed by atoms with van der Waals surface area (Å²) >= 11 is 5.61. The van der Waals surface area contributed by atoms with Gasteiger partial charge in [-0.1, -0.05) is 19.1 Å². The van der Waals surface area contributed by atoms with Crippen LogP contribution in [0.15, 0.2) is 23.1 Å². The van der Waals surface area contributed by atoms with Crippen molar-refractivity contribution in [3.8, 4) is 17.1 Å². The molecule has 1 aromatic carbocycles. The molecule has 0 radical (unpaired) electrons.